The second kappa shape index (κ2) is 8.89. The Kier molecular flexibility index (Phi) is 5.84. The summed E-state index contributed by atoms with van der Waals surface area (Å²) < 4.78 is 1.93. The minimum Gasteiger partial charge on any atom is -0.351 e. The van der Waals surface area contributed by atoms with Gasteiger partial charge in [-0.2, -0.15) is 0 Å². The molecule has 1 saturated heterocycles. The number of hydrogen-bond acceptors (Lipinski definition) is 5. The highest BCUT2D eigenvalue weighted by atomic mass is 16.2. The molecule has 1 aliphatic heterocycles. The second-order valence-corrected chi connectivity index (χ2v) is 12.0. The van der Waals surface area contributed by atoms with Crippen molar-refractivity contribution in [3.8, 4) is 0 Å². The summed E-state index contributed by atoms with van der Waals surface area (Å²) in [5.41, 5.74) is 8.38. The van der Waals surface area contributed by atoms with Crippen LogP contribution in [0.15, 0.2) is 24.4 Å². The highest BCUT2D eigenvalue weighted by Crippen LogP contribution is 2.59. The average Bonchev–Trinajstić information content (AvgIpc) is 3.42. The fourth-order valence-electron chi connectivity index (χ4n) is 7.84. The number of carbonyl (C=O) groups is 2. The Morgan fingerprint density at radius 2 is 1.89 bits per heavy atom. The molecule has 4 aliphatic carbocycles. The van der Waals surface area contributed by atoms with Gasteiger partial charge in [0.25, 0.3) is 5.91 Å². The number of nitrogens with zero attached hydrogens (tertiary/aromatic N) is 3. The smallest absolute Gasteiger partial charge is 0.268 e. The van der Waals surface area contributed by atoms with E-state index in [1.54, 1.807) is 6.92 Å². The molecule has 0 aromatic carbocycles. The molecule has 8 heteroatoms. The Labute approximate surface area is 207 Å². The number of nitrogens with one attached hydrogen (secondary N) is 2. The van der Waals surface area contributed by atoms with Crippen LogP contribution < -0.4 is 16.4 Å². The molecule has 7 rings (SSSR count). The SMILES string of the molecule is C[C@H](N)C(=O)N[C@@H]1CCN(Cc2cn3c(C(=O)NCC45CC6CC(CC(C6)C4)C5)cccc3n2)C1. The summed E-state index contributed by atoms with van der Waals surface area (Å²) in [6.07, 6.45) is 11.0. The van der Waals surface area contributed by atoms with Gasteiger partial charge >= 0.3 is 0 Å². The highest BCUT2D eigenvalue weighted by Gasteiger charge is 2.50. The summed E-state index contributed by atoms with van der Waals surface area (Å²) >= 11 is 0. The molecule has 5 fully saturated rings. The van der Waals surface area contributed by atoms with Gasteiger partial charge in [-0.15, -0.1) is 0 Å². The van der Waals surface area contributed by atoms with Gasteiger partial charge in [0.15, 0.2) is 0 Å². The van der Waals surface area contributed by atoms with E-state index in [9.17, 15) is 9.59 Å². The molecule has 4 bridgehead atoms. The quantitative estimate of drug-likeness (QED) is 0.567. The molecule has 2 atom stereocenters. The predicted molar refractivity (Wildman–Crippen MR) is 134 cm³/mol. The molecule has 3 heterocycles. The Morgan fingerprint density at radius 3 is 2.57 bits per heavy atom. The summed E-state index contributed by atoms with van der Waals surface area (Å²) in [4.78, 5) is 32.3. The van der Waals surface area contributed by atoms with Crippen LogP contribution in [0, 0.1) is 23.2 Å². The van der Waals surface area contributed by atoms with E-state index >= 15 is 0 Å². The van der Waals surface area contributed by atoms with Crippen LogP contribution in [0.2, 0.25) is 0 Å². The lowest BCUT2D eigenvalue weighted by atomic mass is 9.49. The number of fused-ring (bicyclic) bond motifs is 1. The molecule has 0 spiro atoms. The van der Waals surface area contributed by atoms with Crippen LogP contribution in [-0.2, 0) is 11.3 Å². The topological polar surface area (TPSA) is 105 Å². The van der Waals surface area contributed by atoms with E-state index in [0.717, 1.165) is 55.1 Å². The lowest BCUT2D eigenvalue weighted by Crippen LogP contribution is -2.51. The van der Waals surface area contributed by atoms with Crippen molar-refractivity contribution in [2.45, 2.75) is 70.5 Å². The lowest BCUT2D eigenvalue weighted by molar-refractivity contribution is -0.122. The first-order valence-electron chi connectivity index (χ1n) is 13.4. The number of rotatable bonds is 7. The number of aromatic nitrogens is 2. The molecule has 4 N–H and O–H groups in total. The first-order chi connectivity index (χ1) is 16.9. The van der Waals surface area contributed by atoms with Crippen LogP contribution >= 0.6 is 0 Å². The third-order valence-corrected chi connectivity index (χ3v) is 8.98. The fourth-order valence-corrected chi connectivity index (χ4v) is 7.84. The van der Waals surface area contributed by atoms with Crippen molar-refractivity contribution in [1.29, 1.82) is 0 Å². The molecular formula is C27H38N6O2. The minimum absolute atomic E-state index is 0.00449. The second-order valence-electron chi connectivity index (χ2n) is 12.0. The highest BCUT2D eigenvalue weighted by molar-refractivity contribution is 5.93. The summed E-state index contributed by atoms with van der Waals surface area (Å²) in [6, 6.07) is 5.39. The minimum atomic E-state index is -0.491. The average molecular weight is 479 g/mol. The van der Waals surface area contributed by atoms with Gasteiger partial charge in [-0.1, -0.05) is 6.07 Å². The fraction of sp³-hybridized carbons (Fsp3) is 0.667. The molecule has 2 aromatic rings. The molecule has 35 heavy (non-hydrogen) atoms. The summed E-state index contributed by atoms with van der Waals surface area (Å²) in [6.45, 7) is 4.88. The molecule has 188 valence electrons. The molecule has 4 saturated carbocycles. The van der Waals surface area contributed by atoms with Gasteiger partial charge in [0.1, 0.15) is 11.3 Å². The maximum atomic E-state index is 13.3. The number of imidazole rings is 1. The van der Waals surface area contributed by atoms with Gasteiger partial charge in [-0.3, -0.25) is 18.9 Å². The van der Waals surface area contributed by atoms with Crippen molar-refractivity contribution >= 4 is 17.5 Å². The van der Waals surface area contributed by atoms with Gasteiger partial charge in [-0.25, -0.2) is 4.98 Å². The number of hydrogen-bond donors (Lipinski definition) is 3. The van der Waals surface area contributed by atoms with E-state index in [1.807, 2.05) is 28.8 Å². The maximum Gasteiger partial charge on any atom is 0.268 e. The zero-order valence-corrected chi connectivity index (χ0v) is 20.7. The van der Waals surface area contributed by atoms with Crippen LogP contribution in [0.3, 0.4) is 0 Å². The Bertz CT molecular complexity index is 1090. The molecule has 8 nitrogen and oxygen atoms in total. The zero-order valence-electron chi connectivity index (χ0n) is 20.7. The van der Waals surface area contributed by atoms with E-state index in [0.29, 0.717) is 17.7 Å². The predicted octanol–water partition coefficient (Wildman–Crippen LogP) is 2.32. The van der Waals surface area contributed by atoms with E-state index in [1.165, 1.54) is 38.5 Å². The van der Waals surface area contributed by atoms with Crippen molar-refractivity contribution in [2.24, 2.45) is 28.9 Å². The summed E-state index contributed by atoms with van der Waals surface area (Å²) in [7, 11) is 0. The lowest BCUT2D eigenvalue weighted by Gasteiger charge is -2.56. The van der Waals surface area contributed by atoms with Gasteiger partial charge in [0.2, 0.25) is 5.91 Å². The molecule has 5 aliphatic rings. The van der Waals surface area contributed by atoms with Crippen LogP contribution in [0.1, 0.15) is 68.1 Å². The van der Waals surface area contributed by atoms with E-state index < -0.39 is 6.04 Å². The standard InChI is InChI=1S/C27H38N6O2/c1-17(28)25(34)31-21-5-6-32(13-21)14-22-15-33-23(3-2-4-24(33)30-22)26(35)29-16-27-10-18-7-19(11-27)9-20(8-18)12-27/h2-4,15,17-21H,5-14,16,28H2,1H3,(H,29,35)(H,31,34)/t17-,18?,19?,20?,21+,27?/m0/s1. The number of nitrogens with two attached hydrogens (primary N) is 1. The van der Waals surface area contributed by atoms with E-state index in [2.05, 4.69) is 15.5 Å². The largest absolute Gasteiger partial charge is 0.351 e. The zero-order chi connectivity index (χ0) is 24.2. The van der Waals surface area contributed by atoms with Crippen molar-refractivity contribution < 1.29 is 9.59 Å². The van der Waals surface area contributed by atoms with Crippen molar-refractivity contribution in [3.63, 3.8) is 0 Å². The molecular weight excluding hydrogens is 440 g/mol. The first-order valence-corrected chi connectivity index (χ1v) is 13.4. The maximum absolute atomic E-state index is 13.3. The number of carbonyl (C=O) groups excluding carboxylic acids is 2. The monoisotopic (exact) mass is 478 g/mol. The van der Waals surface area contributed by atoms with E-state index in [-0.39, 0.29) is 17.9 Å². The van der Waals surface area contributed by atoms with Crippen molar-refractivity contribution in [3.05, 3.63) is 35.8 Å². The van der Waals surface area contributed by atoms with Crippen molar-refractivity contribution in [2.75, 3.05) is 19.6 Å². The number of pyridine rings is 1. The Balaban J connectivity index is 1.10. The molecule has 2 amide bonds. The van der Waals surface area contributed by atoms with Gasteiger partial charge in [0.05, 0.1) is 11.7 Å². The summed E-state index contributed by atoms with van der Waals surface area (Å²) in [5.74, 6) is 2.55. The van der Waals surface area contributed by atoms with Crippen LogP contribution in [0.4, 0.5) is 0 Å². The third-order valence-electron chi connectivity index (χ3n) is 8.98. The van der Waals surface area contributed by atoms with Gasteiger partial charge in [0, 0.05) is 38.4 Å². The first kappa shape index (κ1) is 23.0. The van der Waals surface area contributed by atoms with E-state index in [4.69, 9.17) is 10.7 Å². The van der Waals surface area contributed by atoms with Gasteiger partial charge < -0.3 is 16.4 Å². The van der Waals surface area contributed by atoms with Gasteiger partial charge in [-0.05, 0) is 87.2 Å². The normalized spacial score (nSPS) is 32.7. The molecule has 2 aromatic heterocycles. The molecule has 0 radical (unpaired) electrons. The summed E-state index contributed by atoms with van der Waals surface area (Å²) in [5, 5.41) is 6.34. The van der Waals surface area contributed by atoms with Crippen LogP contribution in [-0.4, -0.2) is 57.8 Å². The number of amides is 2. The Morgan fingerprint density at radius 1 is 1.17 bits per heavy atom. The van der Waals surface area contributed by atoms with Crippen LogP contribution in [0.5, 0.6) is 0 Å². The molecule has 0 unspecified atom stereocenters. The third kappa shape index (κ3) is 4.58. The van der Waals surface area contributed by atoms with Crippen molar-refractivity contribution in [1.82, 2.24) is 24.9 Å². The number of likely N-dealkylation sites (tertiary alicyclic amines) is 1. The van der Waals surface area contributed by atoms with Crippen LogP contribution in [0.25, 0.3) is 5.65 Å². The Hall–Kier alpha value is -2.45.